The average Bonchev–Trinajstić information content (AvgIpc) is 2.06. The SMILES string of the molecule is Cc1ccc(C(=O)CC(C)(C)C)cc1F. The molecule has 0 fully saturated rings. The van der Waals surface area contributed by atoms with E-state index in [9.17, 15) is 9.18 Å². The van der Waals surface area contributed by atoms with Crippen molar-refractivity contribution in [2.24, 2.45) is 5.41 Å². The molecule has 0 unspecified atom stereocenters. The number of carbonyl (C=O) groups excluding carboxylic acids is 1. The zero-order valence-corrected chi connectivity index (χ0v) is 9.73. The summed E-state index contributed by atoms with van der Waals surface area (Å²) in [5, 5.41) is 0. The maximum Gasteiger partial charge on any atom is 0.163 e. The zero-order chi connectivity index (χ0) is 11.6. The third-order valence-electron chi connectivity index (χ3n) is 2.18. The third kappa shape index (κ3) is 3.46. The van der Waals surface area contributed by atoms with Crippen LogP contribution in [0.15, 0.2) is 18.2 Å². The summed E-state index contributed by atoms with van der Waals surface area (Å²) in [5.74, 6) is -0.309. The van der Waals surface area contributed by atoms with E-state index in [0.29, 0.717) is 17.5 Å². The van der Waals surface area contributed by atoms with E-state index in [2.05, 4.69) is 0 Å². The molecule has 0 aliphatic carbocycles. The standard InChI is InChI=1S/C13H17FO/c1-9-5-6-10(7-11(9)14)12(15)8-13(2,3)4/h5-7H,8H2,1-4H3. The molecule has 1 aromatic rings. The van der Waals surface area contributed by atoms with Gasteiger partial charge in [0.1, 0.15) is 5.82 Å². The van der Waals surface area contributed by atoms with Gasteiger partial charge in [0.2, 0.25) is 0 Å². The molecular formula is C13H17FO. The van der Waals surface area contributed by atoms with Gasteiger partial charge in [-0.1, -0.05) is 32.9 Å². The fourth-order valence-electron chi connectivity index (χ4n) is 1.35. The van der Waals surface area contributed by atoms with Gasteiger partial charge in [-0.05, 0) is 24.0 Å². The first-order valence-corrected chi connectivity index (χ1v) is 5.09. The van der Waals surface area contributed by atoms with Gasteiger partial charge in [0.25, 0.3) is 0 Å². The minimum absolute atomic E-state index is 0.00130. The summed E-state index contributed by atoms with van der Waals surface area (Å²) in [5.41, 5.74) is 0.980. The van der Waals surface area contributed by atoms with E-state index in [1.165, 1.54) is 6.07 Å². The Balaban J connectivity index is 2.88. The van der Waals surface area contributed by atoms with Crippen LogP contribution < -0.4 is 0 Å². The van der Waals surface area contributed by atoms with Gasteiger partial charge in [-0.25, -0.2) is 4.39 Å². The predicted molar refractivity (Wildman–Crippen MR) is 59.5 cm³/mol. The van der Waals surface area contributed by atoms with Crippen molar-refractivity contribution in [2.75, 3.05) is 0 Å². The zero-order valence-electron chi connectivity index (χ0n) is 9.73. The summed E-state index contributed by atoms with van der Waals surface area (Å²) >= 11 is 0. The largest absolute Gasteiger partial charge is 0.294 e. The van der Waals surface area contributed by atoms with Gasteiger partial charge in [-0.3, -0.25) is 4.79 Å². The van der Waals surface area contributed by atoms with E-state index >= 15 is 0 Å². The lowest BCUT2D eigenvalue weighted by atomic mass is 9.88. The molecule has 0 amide bonds. The molecular weight excluding hydrogens is 191 g/mol. The first-order valence-electron chi connectivity index (χ1n) is 5.09. The Morgan fingerprint density at radius 2 is 1.93 bits per heavy atom. The number of Topliss-reactive ketones (excluding diaryl/α,β-unsaturated/α-hetero) is 1. The topological polar surface area (TPSA) is 17.1 Å². The number of hydrogen-bond donors (Lipinski definition) is 0. The number of benzene rings is 1. The van der Waals surface area contributed by atoms with Gasteiger partial charge in [-0.2, -0.15) is 0 Å². The molecule has 2 heteroatoms. The average molecular weight is 208 g/mol. The Kier molecular flexibility index (Phi) is 3.28. The Morgan fingerprint density at radius 1 is 1.33 bits per heavy atom. The van der Waals surface area contributed by atoms with Gasteiger partial charge < -0.3 is 0 Å². The van der Waals surface area contributed by atoms with Crippen molar-refractivity contribution in [3.8, 4) is 0 Å². The molecule has 0 atom stereocenters. The highest BCUT2D eigenvalue weighted by Crippen LogP contribution is 2.22. The molecule has 15 heavy (non-hydrogen) atoms. The molecule has 0 aliphatic heterocycles. The quantitative estimate of drug-likeness (QED) is 0.676. The monoisotopic (exact) mass is 208 g/mol. The van der Waals surface area contributed by atoms with E-state index in [-0.39, 0.29) is 17.0 Å². The molecule has 0 aromatic heterocycles. The van der Waals surface area contributed by atoms with E-state index in [1.807, 2.05) is 20.8 Å². The fourth-order valence-corrected chi connectivity index (χ4v) is 1.35. The van der Waals surface area contributed by atoms with Crippen molar-refractivity contribution in [3.63, 3.8) is 0 Å². The summed E-state index contributed by atoms with van der Waals surface area (Å²) in [7, 11) is 0. The van der Waals surface area contributed by atoms with Gasteiger partial charge in [0, 0.05) is 12.0 Å². The van der Waals surface area contributed by atoms with Crippen LogP contribution in [0.4, 0.5) is 4.39 Å². The molecule has 0 N–H and O–H groups in total. The van der Waals surface area contributed by atoms with Crippen molar-refractivity contribution in [3.05, 3.63) is 35.1 Å². The smallest absolute Gasteiger partial charge is 0.163 e. The molecule has 1 aromatic carbocycles. The summed E-state index contributed by atoms with van der Waals surface area (Å²) < 4.78 is 13.2. The molecule has 0 spiro atoms. The summed E-state index contributed by atoms with van der Waals surface area (Å²) in [6, 6.07) is 4.65. The lowest BCUT2D eigenvalue weighted by Crippen LogP contribution is -2.13. The van der Waals surface area contributed by atoms with Crippen LogP contribution in [0.2, 0.25) is 0 Å². The van der Waals surface area contributed by atoms with Crippen LogP contribution in [0.3, 0.4) is 0 Å². The highest BCUT2D eigenvalue weighted by molar-refractivity contribution is 5.96. The number of ketones is 1. The molecule has 82 valence electrons. The Bertz CT molecular complexity index is 375. The molecule has 0 radical (unpaired) electrons. The number of aryl methyl sites for hydroxylation is 1. The third-order valence-corrected chi connectivity index (χ3v) is 2.18. The molecule has 1 rings (SSSR count). The molecule has 0 saturated carbocycles. The van der Waals surface area contributed by atoms with Gasteiger partial charge in [-0.15, -0.1) is 0 Å². The van der Waals surface area contributed by atoms with Crippen molar-refractivity contribution in [1.29, 1.82) is 0 Å². The van der Waals surface area contributed by atoms with Crippen molar-refractivity contribution < 1.29 is 9.18 Å². The first-order chi connectivity index (χ1) is 6.79. The second-order valence-electron chi connectivity index (χ2n) is 5.12. The minimum atomic E-state index is -0.310. The highest BCUT2D eigenvalue weighted by Gasteiger charge is 2.17. The van der Waals surface area contributed by atoms with E-state index in [1.54, 1.807) is 19.1 Å². The molecule has 0 aliphatic rings. The number of halogens is 1. The van der Waals surface area contributed by atoms with Crippen LogP contribution in [0.5, 0.6) is 0 Å². The Morgan fingerprint density at radius 3 is 2.40 bits per heavy atom. The van der Waals surface area contributed by atoms with E-state index in [0.717, 1.165) is 0 Å². The summed E-state index contributed by atoms with van der Waals surface area (Å²) in [6.45, 7) is 7.67. The lowest BCUT2D eigenvalue weighted by Gasteiger charge is -2.16. The number of carbonyl (C=O) groups is 1. The van der Waals surface area contributed by atoms with Crippen molar-refractivity contribution in [1.82, 2.24) is 0 Å². The van der Waals surface area contributed by atoms with Gasteiger partial charge >= 0.3 is 0 Å². The minimum Gasteiger partial charge on any atom is -0.294 e. The van der Waals surface area contributed by atoms with E-state index in [4.69, 9.17) is 0 Å². The molecule has 0 heterocycles. The van der Waals surface area contributed by atoms with Crippen LogP contribution >= 0.6 is 0 Å². The first kappa shape index (κ1) is 11.9. The van der Waals surface area contributed by atoms with Crippen molar-refractivity contribution in [2.45, 2.75) is 34.1 Å². The van der Waals surface area contributed by atoms with Crippen LogP contribution in [-0.4, -0.2) is 5.78 Å². The van der Waals surface area contributed by atoms with Crippen LogP contribution in [0.1, 0.15) is 43.1 Å². The second-order valence-corrected chi connectivity index (χ2v) is 5.12. The molecule has 1 nitrogen and oxygen atoms in total. The van der Waals surface area contributed by atoms with Crippen LogP contribution in [0.25, 0.3) is 0 Å². The Labute approximate surface area is 90.3 Å². The lowest BCUT2D eigenvalue weighted by molar-refractivity contribution is 0.0939. The normalized spacial score (nSPS) is 11.5. The number of hydrogen-bond acceptors (Lipinski definition) is 1. The molecule has 0 saturated heterocycles. The van der Waals surface area contributed by atoms with Gasteiger partial charge in [0.15, 0.2) is 5.78 Å². The van der Waals surface area contributed by atoms with E-state index < -0.39 is 0 Å². The van der Waals surface area contributed by atoms with Crippen molar-refractivity contribution >= 4 is 5.78 Å². The van der Waals surface area contributed by atoms with Crippen LogP contribution in [-0.2, 0) is 0 Å². The second kappa shape index (κ2) is 4.13. The maximum absolute atomic E-state index is 13.2. The summed E-state index contributed by atoms with van der Waals surface area (Å²) in [4.78, 5) is 11.8. The van der Waals surface area contributed by atoms with Crippen LogP contribution in [0, 0.1) is 18.2 Å². The number of rotatable bonds is 2. The van der Waals surface area contributed by atoms with Gasteiger partial charge in [0.05, 0.1) is 0 Å². The molecule has 0 bridgehead atoms. The predicted octanol–water partition coefficient (Wildman–Crippen LogP) is 3.75. The fraction of sp³-hybridized carbons (Fsp3) is 0.462. The Hall–Kier alpha value is -1.18. The summed E-state index contributed by atoms with van der Waals surface area (Å²) in [6.07, 6.45) is 0.440. The highest BCUT2D eigenvalue weighted by atomic mass is 19.1. The maximum atomic E-state index is 13.2.